The average Bonchev–Trinajstić information content (AvgIpc) is 2.68. The molecule has 0 fully saturated rings. The Morgan fingerprint density at radius 1 is 0.657 bits per heavy atom. The number of halogens is 2. The van der Waals surface area contributed by atoms with Gasteiger partial charge in [0.15, 0.2) is 0 Å². The van der Waals surface area contributed by atoms with Gasteiger partial charge in [0.05, 0.1) is 53.3 Å². The van der Waals surface area contributed by atoms with E-state index in [1.54, 1.807) is 0 Å². The van der Waals surface area contributed by atoms with E-state index in [9.17, 15) is 34.4 Å². The maximum absolute atomic E-state index is 12.9. The first-order valence-corrected chi connectivity index (χ1v) is 14.6. The Morgan fingerprint density at radius 2 is 1.00 bits per heavy atom. The zero-order valence-electron chi connectivity index (χ0n) is 18.8. The fraction of sp³-hybridized carbons (Fsp3) is 0.333. The molecule has 184 valence electrons. The van der Waals surface area contributed by atoms with Crippen LogP contribution in [0, 0.1) is 0 Å². The van der Waals surface area contributed by atoms with Crippen molar-refractivity contribution in [2.45, 2.75) is 22.6 Å². The van der Waals surface area contributed by atoms with E-state index in [4.69, 9.17) is 32.7 Å². The summed E-state index contributed by atoms with van der Waals surface area (Å²) in [4.78, 5) is -0.320. The van der Waals surface area contributed by atoms with Gasteiger partial charge in [-0.1, -0.05) is 23.2 Å². The van der Waals surface area contributed by atoms with Crippen LogP contribution in [0.1, 0.15) is 12.8 Å². The minimum atomic E-state index is -4.36. The van der Waals surface area contributed by atoms with E-state index in [0.29, 0.717) is 0 Å². The van der Waals surface area contributed by atoms with Gasteiger partial charge < -0.3 is 18.6 Å². The summed E-state index contributed by atoms with van der Waals surface area (Å²) in [5, 5.41) is -0.0825. The molecule has 35 heavy (non-hydrogen) atoms. The molecule has 0 N–H and O–H groups in total. The van der Waals surface area contributed by atoms with Gasteiger partial charge in [-0.2, -0.15) is 0 Å². The first-order valence-electron chi connectivity index (χ1n) is 9.16. The van der Waals surface area contributed by atoms with Crippen LogP contribution in [-0.2, 0) is 30.1 Å². The van der Waals surface area contributed by atoms with Crippen LogP contribution in [0.25, 0.3) is 0 Å². The number of sulfone groups is 1. The van der Waals surface area contributed by atoms with E-state index < -0.39 is 41.6 Å². The minimum absolute atomic E-state index is 0. The van der Waals surface area contributed by atoms with E-state index in [-0.39, 0.29) is 117 Å². The molecule has 0 aliphatic carbocycles. The summed E-state index contributed by atoms with van der Waals surface area (Å²) >= 11 is 12.1. The summed E-state index contributed by atoms with van der Waals surface area (Å²) in [5.41, 5.74) is 0. The topological polar surface area (TPSA) is 167 Å². The molecule has 0 bridgehead atoms. The van der Waals surface area contributed by atoms with Gasteiger partial charge in [-0.3, -0.25) is 0 Å². The van der Waals surface area contributed by atoms with Gasteiger partial charge in [-0.15, -0.1) is 0 Å². The molecular formula is C18H18Cl2Na2O10S3. The van der Waals surface area contributed by atoms with Crippen molar-refractivity contribution in [1.82, 2.24) is 0 Å². The fourth-order valence-corrected chi connectivity index (χ4v) is 5.36. The Bertz CT molecular complexity index is 1220. The van der Waals surface area contributed by atoms with Crippen LogP contribution in [0.4, 0.5) is 0 Å². The van der Waals surface area contributed by atoms with Gasteiger partial charge in [0.1, 0.15) is 11.5 Å². The molecule has 0 radical (unpaired) electrons. The second-order valence-electron chi connectivity index (χ2n) is 6.62. The van der Waals surface area contributed by atoms with Crippen molar-refractivity contribution < 1.29 is 103 Å². The first kappa shape index (κ1) is 35.4. The average molecular weight is 607 g/mol. The molecule has 2 rings (SSSR count). The van der Waals surface area contributed by atoms with Gasteiger partial charge in [0, 0.05) is 11.5 Å². The third kappa shape index (κ3) is 12.2. The third-order valence-corrected chi connectivity index (χ3v) is 7.94. The molecule has 17 heteroatoms. The van der Waals surface area contributed by atoms with Crippen LogP contribution in [-0.4, -0.2) is 59.1 Å². The molecule has 0 saturated heterocycles. The van der Waals surface area contributed by atoms with E-state index >= 15 is 0 Å². The summed E-state index contributed by atoms with van der Waals surface area (Å²) < 4.78 is 99.9. The fourth-order valence-electron chi connectivity index (χ4n) is 2.50. The molecule has 0 atom stereocenters. The van der Waals surface area contributed by atoms with Gasteiger partial charge in [0.2, 0.25) is 9.84 Å². The van der Waals surface area contributed by atoms with E-state index in [1.165, 1.54) is 24.3 Å². The van der Waals surface area contributed by atoms with Gasteiger partial charge in [-0.25, -0.2) is 25.3 Å². The van der Waals surface area contributed by atoms with Crippen molar-refractivity contribution >= 4 is 53.3 Å². The van der Waals surface area contributed by atoms with Crippen LogP contribution in [0.5, 0.6) is 11.5 Å². The molecule has 0 aromatic heterocycles. The first-order chi connectivity index (χ1) is 15.2. The van der Waals surface area contributed by atoms with E-state index in [0.717, 1.165) is 12.1 Å². The molecule has 0 aliphatic rings. The van der Waals surface area contributed by atoms with Gasteiger partial charge in [0.25, 0.3) is 0 Å². The summed E-state index contributed by atoms with van der Waals surface area (Å²) in [5.74, 6) is -0.980. The second kappa shape index (κ2) is 15.1. The van der Waals surface area contributed by atoms with Crippen molar-refractivity contribution in [1.29, 1.82) is 0 Å². The van der Waals surface area contributed by atoms with E-state index in [1.807, 2.05) is 0 Å². The predicted octanol–water partition coefficient (Wildman–Crippen LogP) is -3.54. The largest absolute Gasteiger partial charge is 1.00 e. The Labute approximate surface area is 258 Å². The molecule has 0 spiro atoms. The van der Waals surface area contributed by atoms with Crippen LogP contribution in [0.2, 0.25) is 10.0 Å². The van der Waals surface area contributed by atoms with Crippen molar-refractivity contribution in [2.75, 3.05) is 24.7 Å². The molecule has 2 aromatic rings. The molecule has 0 amide bonds. The molecule has 0 aliphatic heterocycles. The van der Waals surface area contributed by atoms with Gasteiger partial charge in [-0.05, 0) is 49.2 Å². The van der Waals surface area contributed by atoms with Crippen molar-refractivity contribution in [2.24, 2.45) is 0 Å². The van der Waals surface area contributed by atoms with Crippen LogP contribution < -0.4 is 68.6 Å². The summed E-state index contributed by atoms with van der Waals surface area (Å²) in [7, 11) is -12.8. The minimum Gasteiger partial charge on any atom is -0.748 e. The molecule has 0 heterocycles. The van der Waals surface area contributed by atoms with Crippen LogP contribution >= 0.6 is 23.2 Å². The van der Waals surface area contributed by atoms with Crippen molar-refractivity contribution in [3.05, 3.63) is 46.4 Å². The quantitative estimate of drug-likeness (QED) is 0.134. The predicted molar refractivity (Wildman–Crippen MR) is 118 cm³/mol. The zero-order chi connectivity index (χ0) is 24.9. The molecule has 10 nitrogen and oxygen atoms in total. The summed E-state index contributed by atoms with van der Waals surface area (Å²) in [6, 6.07) is 7.37. The monoisotopic (exact) mass is 606 g/mol. The molecular weight excluding hydrogens is 589 g/mol. The Morgan fingerprint density at radius 3 is 1.29 bits per heavy atom. The Kier molecular flexibility index (Phi) is 15.3. The number of benzene rings is 2. The Hall–Kier alpha value is 0.390. The second-order valence-corrected chi connectivity index (χ2v) is 12.4. The molecule has 0 saturated carbocycles. The smallest absolute Gasteiger partial charge is 0.748 e. The maximum atomic E-state index is 12.9. The van der Waals surface area contributed by atoms with E-state index in [2.05, 4.69) is 0 Å². The molecule has 0 unspecified atom stereocenters. The number of ether oxygens (including phenoxy) is 2. The standard InChI is InChI=1S/C18H20Cl2O10S3.2Na/c19-15-11-13(3-5-17(15)29-7-1-9-31(21,22)23)33(27,28)14-4-6-18(16(20)12-14)30-8-2-10-32(24,25)26;;/h3-6,11-12H,1-2,7-10H2,(H,21,22,23)(H,24,25,26);;/q;2*+1/p-2. The van der Waals surface area contributed by atoms with Crippen LogP contribution in [0.3, 0.4) is 0 Å². The summed E-state index contributed by atoms with van der Waals surface area (Å²) in [6.45, 7) is -0.212. The SMILES string of the molecule is O=S(=O)([O-])CCCOc1ccc(S(=O)(=O)c2ccc(OCCCS(=O)(=O)[O-])c(Cl)c2)cc1Cl.[Na+].[Na+]. The normalized spacial score (nSPS) is 11.8. The molecule has 2 aromatic carbocycles. The number of rotatable bonds is 12. The zero-order valence-corrected chi connectivity index (χ0v) is 26.7. The van der Waals surface area contributed by atoms with Gasteiger partial charge >= 0.3 is 59.1 Å². The Balaban J connectivity index is 0.00000578. The number of hydrogen-bond donors (Lipinski definition) is 0. The number of hydrogen-bond acceptors (Lipinski definition) is 10. The third-order valence-electron chi connectivity index (χ3n) is 4.02. The maximum Gasteiger partial charge on any atom is 1.00 e. The van der Waals surface area contributed by atoms with Crippen LogP contribution in [0.15, 0.2) is 46.2 Å². The van der Waals surface area contributed by atoms with Crippen molar-refractivity contribution in [3.8, 4) is 11.5 Å². The summed E-state index contributed by atoms with van der Waals surface area (Å²) in [6.07, 6.45) is -0.107. The van der Waals surface area contributed by atoms with Crippen molar-refractivity contribution in [3.63, 3.8) is 0 Å².